The van der Waals surface area contributed by atoms with E-state index in [-0.39, 0.29) is 17.1 Å². The van der Waals surface area contributed by atoms with Crippen LogP contribution in [0.1, 0.15) is 44.2 Å². The minimum atomic E-state index is -1.94. The van der Waals surface area contributed by atoms with E-state index in [2.05, 4.69) is 114 Å². The molecule has 190 valence electrons. The van der Waals surface area contributed by atoms with Gasteiger partial charge in [0, 0.05) is 22.1 Å². The third-order valence-electron chi connectivity index (χ3n) is 7.37. The van der Waals surface area contributed by atoms with Crippen molar-refractivity contribution in [2.24, 2.45) is 0 Å². The first-order valence-electron chi connectivity index (χ1n) is 12.9. The second-order valence-corrected chi connectivity index (χ2v) is 22.1. The number of rotatable bonds is 11. The van der Waals surface area contributed by atoms with Crippen molar-refractivity contribution >= 4 is 32.6 Å². The van der Waals surface area contributed by atoms with Crippen LogP contribution in [-0.4, -0.2) is 34.1 Å². The second kappa shape index (κ2) is 11.0. The van der Waals surface area contributed by atoms with Gasteiger partial charge in [-0.15, -0.1) is 6.58 Å². The highest BCUT2D eigenvalue weighted by atomic mass is 28.4. The van der Waals surface area contributed by atoms with Gasteiger partial charge in [0.15, 0.2) is 8.32 Å². The minimum absolute atomic E-state index is 0.00985. The number of hydrogen-bond acceptors (Lipinski definition) is 2. The molecule has 5 heteroatoms. The van der Waals surface area contributed by atoms with Crippen LogP contribution < -0.4 is 5.32 Å². The molecular formula is C30H45NO2Si2. The van der Waals surface area contributed by atoms with Crippen LogP contribution in [0.5, 0.6) is 0 Å². The molecule has 0 aliphatic rings. The fraction of sp³-hybridized carbons (Fsp3) is 0.467. The smallest absolute Gasteiger partial charge is 0.192 e. The molecule has 0 spiro atoms. The summed E-state index contributed by atoms with van der Waals surface area (Å²) in [6.07, 6.45) is 2.86. The molecular weight excluding hydrogens is 463 g/mol. The normalized spacial score (nSPS) is 14.7. The number of aromatic amines is 1. The SMILES string of the molecule is C=C[C@@H](C[C@H](COCc1ccccc1)c1c([Si](C)(C)C)[nH]c2ccccc12)O[Si](C)(C)C(C)(C)C. The lowest BCUT2D eigenvalue weighted by atomic mass is 9.93. The number of fused-ring (bicyclic) bond motifs is 1. The average Bonchev–Trinajstić information content (AvgIpc) is 3.18. The molecule has 3 nitrogen and oxygen atoms in total. The monoisotopic (exact) mass is 507 g/mol. The van der Waals surface area contributed by atoms with Gasteiger partial charge in [0.2, 0.25) is 0 Å². The molecule has 1 N–H and O–H groups in total. The maximum absolute atomic E-state index is 6.85. The number of H-pyrrole nitrogens is 1. The van der Waals surface area contributed by atoms with Gasteiger partial charge < -0.3 is 14.1 Å². The first-order valence-corrected chi connectivity index (χ1v) is 19.3. The van der Waals surface area contributed by atoms with E-state index >= 15 is 0 Å². The molecule has 0 amide bonds. The van der Waals surface area contributed by atoms with Crippen molar-refractivity contribution in [2.75, 3.05) is 6.61 Å². The summed E-state index contributed by atoms with van der Waals surface area (Å²) in [4.78, 5) is 3.80. The standard InChI is InChI=1S/C30H45NO2Si2/c1-10-25(33-35(8,9)30(2,3)4)20-24(22-32-21-23-16-12-11-13-17-23)28-26-18-14-15-19-27(26)31-29(28)34(5,6)7/h10-19,24-25,31H,1,20-22H2,2-9H3/t24-,25+/m1/s1. The van der Waals surface area contributed by atoms with Crippen molar-refractivity contribution in [3.05, 3.63) is 78.4 Å². The summed E-state index contributed by atoms with van der Waals surface area (Å²) in [5.41, 5.74) is 3.83. The lowest BCUT2D eigenvalue weighted by molar-refractivity contribution is 0.0932. The van der Waals surface area contributed by atoms with E-state index in [1.165, 1.54) is 27.3 Å². The van der Waals surface area contributed by atoms with Crippen LogP contribution in [0.3, 0.4) is 0 Å². The van der Waals surface area contributed by atoms with E-state index in [0.717, 1.165) is 6.42 Å². The van der Waals surface area contributed by atoms with Crippen molar-refractivity contribution in [3.63, 3.8) is 0 Å². The number of benzene rings is 2. The Morgan fingerprint density at radius 2 is 1.57 bits per heavy atom. The van der Waals surface area contributed by atoms with Gasteiger partial charge in [-0.05, 0) is 41.7 Å². The summed E-state index contributed by atoms with van der Waals surface area (Å²) in [6, 6.07) is 19.2. The van der Waals surface area contributed by atoms with Crippen molar-refractivity contribution in [1.82, 2.24) is 4.98 Å². The molecule has 0 aliphatic heterocycles. The molecule has 1 aromatic heterocycles. The van der Waals surface area contributed by atoms with E-state index in [0.29, 0.717) is 13.2 Å². The molecule has 0 bridgehead atoms. The fourth-order valence-corrected chi connectivity index (χ4v) is 7.33. The Morgan fingerprint density at radius 1 is 0.943 bits per heavy atom. The molecule has 3 rings (SSSR count). The van der Waals surface area contributed by atoms with E-state index < -0.39 is 16.4 Å². The molecule has 0 radical (unpaired) electrons. The van der Waals surface area contributed by atoms with Gasteiger partial charge in [0.25, 0.3) is 0 Å². The van der Waals surface area contributed by atoms with Crippen LogP contribution in [0.2, 0.25) is 37.8 Å². The van der Waals surface area contributed by atoms with E-state index in [1.807, 2.05) is 12.1 Å². The average molecular weight is 508 g/mol. The van der Waals surface area contributed by atoms with E-state index in [4.69, 9.17) is 9.16 Å². The quantitative estimate of drug-likeness (QED) is 0.211. The molecule has 1 heterocycles. The van der Waals surface area contributed by atoms with E-state index in [1.54, 1.807) is 0 Å². The number of nitrogens with one attached hydrogen (secondary N) is 1. The maximum Gasteiger partial charge on any atom is 0.192 e. The Hall–Kier alpha value is -1.93. The Morgan fingerprint density at radius 3 is 2.17 bits per heavy atom. The highest BCUT2D eigenvalue weighted by molar-refractivity contribution is 6.88. The molecule has 2 aromatic carbocycles. The number of hydrogen-bond donors (Lipinski definition) is 1. The Bertz CT molecular complexity index is 1110. The van der Waals surface area contributed by atoms with Crippen molar-refractivity contribution in [2.45, 2.75) is 83.6 Å². The topological polar surface area (TPSA) is 34.2 Å². The van der Waals surface area contributed by atoms with Gasteiger partial charge in [-0.2, -0.15) is 0 Å². The zero-order chi connectivity index (χ0) is 25.9. The molecule has 0 unspecified atom stereocenters. The van der Waals surface area contributed by atoms with Gasteiger partial charge in [-0.3, -0.25) is 0 Å². The van der Waals surface area contributed by atoms with Gasteiger partial charge in [0.1, 0.15) is 0 Å². The van der Waals surface area contributed by atoms with Crippen LogP contribution in [0, 0.1) is 0 Å². The zero-order valence-electron chi connectivity index (χ0n) is 23.1. The largest absolute Gasteiger partial charge is 0.411 e. The van der Waals surface area contributed by atoms with Gasteiger partial charge in [-0.1, -0.05) is 95.0 Å². The molecule has 0 saturated heterocycles. The predicted octanol–water partition coefficient (Wildman–Crippen LogP) is 7.98. The van der Waals surface area contributed by atoms with Crippen LogP contribution in [0.4, 0.5) is 0 Å². The molecule has 0 fully saturated rings. The highest BCUT2D eigenvalue weighted by Gasteiger charge is 2.39. The first-order chi connectivity index (χ1) is 16.3. The second-order valence-electron chi connectivity index (χ2n) is 12.3. The van der Waals surface area contributed by atoms with Gasteiger partial charge >= 0.3 is 0 Å². The summed E-state index contributed by atoms with van der Waals surface area (Å²) in [6.45, 7) is 24.2. The number of aromatic nitrogens is 1. The summed E-state index contributed by atoms with van der Waals surface area (Å²) >= 11 is 0. The molecule has 0 aliphatic carbocycles. The van der Waals surface area contributed by atoms with Gasteiger partial charge in [-0.25, -0.2) is 0 Å². The Balaban J connectivity index is 1.98. The highest BCUT2D eigenvalue weighted by Crippen LogP contribution is 2.39. The maximum atomic E-state index is 6.85. The van der Waals surface area contributed by atoms with Crippen molar-refractivity contribution < 1.29 is 9.16 Å². The molecule has 2 atom stereocenters. The number of para-hydroxylation sites is 1. The Labute approximate surface area is 215 Å². The van der Waals surface area contributed by atoms with Gasteiger partial charge in [0.05, 0.1) is 27.4 Å². The summed E-state index contributed by atoms with van der Waals surface area (Å²) in [5, 5.41) is 2.88. The molecule has 35 heavy (non-hydrogen) atoms. The zero-order valence-corrected chi connectivity index (χ0v) is 25.1. The number of ether oxygens (including phenoxy) is 1. The third-order valence-corrected chi connectivity index (χ3v) is 13.8. The van der Waals surface area contributed by atoms with Crippen LogP contribution >= 0.6 is 0 Å². The fourth-order valence-electron chi connectivity index (χ4n) is 4.37. The molecule has 0 saturated carbocycles. The summed E-state index contributed by atoms with van der Waals surface area (Å²) < 4.78 is 13.2. The third kappa shape index (κ3) is 6.85. The predicted molar refractivity (Wildman–Crippen MR) is 157 cm³/mol. The lowest BCUT2D eigenvalue weighted by Gasteiger charge is -2.39. The van der Waals surface area contributed by atoms with E-state index in [9.17, 15) is 0 Å². The van der Waals surface area contributed by atoms with Crippen LogP contribution in [0.15, 0.2) is 67.3 Å². The summed E-state index contributed by atoms with van der Waals surface area (Å²) in [5.74, 6) is 0.212. The lowest BCUT2D eigenvalue weighted by Crippen LogP contribution is -2.45. The minimum Gasteiger partial charge on any atom is -0.411 e. The summed E-state index contributed by atoms with van der Waals surface area (Å²) in [7, 11) is -3.57. The van der Waals surface area contributed by atoms with Crippen LogP contribution in [0.25, 0.3) is 10.9 Å². The van der Waals surface area contributed by atoms with Crippen molar-refractivity contribution in [1.29, 1.82) is 0 Å². The molecule has 3 aromatic rings. The Kier molecular flexibility index (Phi) is 8.69. The van der Waals surface area contributed by atoms with Crippen LogP contribution in [-0.2, 0) is 15.8 Å². The first kappa shape index (κ1) is 27.7. The van der Waals surface area contributed by atoms with Crippen molar-refractivity contribution in [3.8, 4) is 0 Å².